The van der Waals surface area contributed by atoms with Gasteiger partial charge in [-0.1, -0.05) is 5.16 Å². The van der Waals surface area contributed by atoms with Crippen LogP contribution in [-0.2, 0) is 6.18 Å². The SMILES string of the molecule is Cc1cc(NC(=O)c2cc(N3CCN(C)CC3)cc(C(F)(F)F)c2)ccc1NC(=O)c1cnoc1C. The Kier molecular flexibility index (Phi) is 7.02. The number of anilines is 3. The molecule has 1 aromatic heterocycles. The second-order valence-electron chi connectivity index (χ2n) is 8.79. The summed E-state index contributed by atoms with van der Waals surface area (Å²) in [7, 11) is 1.96. The normalized spacial score (nSPS) is 14.6. The molecule has 190 valence electrons. The number of rotatable bonds is 5. The first-order chi connectivity index (χ1) is 17.0. The number of likely N-dealkylation sites (N-methyl/N-ethyl adjacent to an activating group) is 1. The molecule has 0 atom stereocenters. The third-order valence-corrected chi connectivity index (χ3v) is 6.10. The zero-order valence-electron chi connectivity index (χ0n) is 20.1. The maximum atomic E-state index is 13.6. The number of halogens is 3. The van der Waals surface area contributed by atoms with Gasteiger partial charge >= 0.3 is 6.18 Å². The minimum atomic E-state index is -4.59. The summed E-state index contributed by atoms with van der Waals surface area (Å²) in [5, 5.41) is 9.00. The first-order valence-electron chi connectivity index (χ1n) is 11.3. The number of carbonyl (C=O) groups excluding carboxylic acids is 2. The molecule has 4 rings (SSSR count). The number of hydrogen-bond acceptors (Lipinski definition) is 6. The summed E-state index contributed by atoms with van der Waals surface area (Å²) in [6.45, 7) is 5.93. The molecule has 2 N–H and O–H groups in total. The van der Waals surface area contributed by atoms with Crippen LogP contribution in [0, 0.1) is 13.8 Å². The Hall–Kier alpha value is -3.86. The quantitative estimate of drug-likeness (QED) is 0.533. The smallest absolute Gasteiger partial charge is 0.369 e. The van der Waals surface area contributed by atoms with Gasteiger partial charge in [-0.15, -0.1) is 0 Å². The van der Waals surface area contributed by atoms with E-state index in [0.29, 0.717) is 47.0 Å². The summed E-state index contributed by atoms with van der Waals surface area (Å²) < 4.78 is 45.7. The number of amides is 2. The summed E-state index contributed by atoms with van der Waals surface area (Å²) in [6.07, 6.45) is -3.27. The van der Waals surface area contributed by atoms with Gasteiger partial charge in [0.05, 0.1) is 11.8 Å². The molecule has 2 aromatic carbocycles. The Balaban J connectivity index is 1.53. The van der Waals surface area contributed by atoms with Crippen molar-refractivity contribution in [2.45, 2.75) is 20.0 Å². The molecule has 1 aliphatic rings. The third-order valence-electron chi connectivity index (χ3n) is 6.10. The van der Waals surface area contributed by atoms with Crippen molar-refractivity contribution in [3.63, 3.8) is 0 Å². The van der Waals surface area contributed by atoms with E-state index in [1.54, 1.807) is 32.0 Å². The van der Waals surface area contributed by atoms with Crippen LogP contribution in [0.5, 0.6) is 0 Å². The summed E-state index contributed by atoms with van der Waals surface area (Å²) in [6, 6.07) is 8.23. The van der Waals surface area contributed by atoms with Crippen LogP contribution in [0.4, 0.5) is 30.2 Å². The minimum Gasteiger partial charge on any atom is -0.369 e. The predicted octanol–water partition coefficient (Wildman–Crippen LogP) is 4.57. The number of piperazine rings is 1. The lowest BCUT2D eigenvalue weighted by atomic mass is 10.1. The molecule has 1 aliphatic heterocycles. The second-order valence-corrected chi connectivity index (χ2v) is 8.79. The Morgan fingerprint density at radius 3 is 2.31 bits per heavy atom. The highest BCUT2D eigenvalue weighted by molar-refractivity contribution is 6.06. The van der Waals surface area contributed by atoms with Gasteiger partial charge in [0.25, 0.3) is 11.8 Å². The maximum absolute atomic E-state index is 13.6. The number of alkyl halides is 3. The van der Waals surface area contributed by atoms with Crippen LogP contribution in [0.15, 0.2) is 47.1 Å². The highest BCUT2D eigenvalue weighted by Crippen LogP contribution is 2.33. The van der Waals surface area contributed by atoms with E-state index in [2.05, 4.69) is 20.7 Å². The van der Waals surface area contributed by atoms with Gasteiger partial charge < -0.3 is 25.0 Å². The molecule has 1 fully saturated rings. The molecular formula is C25H26F3N5O3. The van der Waals surface area contributed by atoms with Crippen molar-refractivity contribution in [1.29, 1.82) is 0 Å². The van der Waals surface area contributed by atoms with Crippen molar-refractivity contribution in [3.8, 4) is 0 Å². The molecule has 2 heterocycles. The van der Waals surface area contributed by atoms with Crippen LogP contribution in [0.25, 0.3) is 0 Å². The molecule has 8 nitrogen and oxygen atoms in total. The van der Waals surface area contributed by atoms with E-state index in [9.17, 15) is 22.8 Å². The summed E-state index contributed by atoms with van der Waals surface area (Å²) in [4.78, 5) is 29.3. The number of hydrogen-bond donors (Lipinski definition) is 2. The average Bonchev–Trinajstić information content (AvgIpc) is 3.26. The fourth-order valence-corrected chi connectivity index (χ4v) is 3.94. The highest BCUT2D eigenvalue weighted by Gasteiger charge is 2.32. The Morgan fingerprint density at radius 1 is 0.972 bits per heavy atom. The van der Waals surface area contributed by atoms with Gasteiger partial charge in [-0.05, 0) is 62.9 Å². The van der Waals surface area contributed by atoms with Crippen molar-refractivity contribution < 1.29 is 27.3 Å². The van der Waals surface area contributed by atoms with E-state index in [-0.39, 0.29) is 5.56 Å². The fraction of sp³-hybridized carbons (Fsp3) is 0.320. The van der Waals surface area contributed by atoms with Crippen molar-refractivity contribution in [3.05, 3.63) is 70.6 Å². The lowest BCUT2D eigenvalue weighted by Crippen LogP contribution is -2.44. The number of benzene rings is 2. The van der Waals surface area contributed by atoms with Crippen LogP contribution in [0.1, 0.15) is 37.6 Å². The molecule has 1 saturated heterocycles. The molecule has 2 amide bonds. The summed E-state index contributed by atoms with van der Waals surface area (Å²) in [5.74, 6) is -0.673. The molecule has 0 aliphatic carbocycles. The number of aromatic nitrogens is 1. The molecule has 0 radical (unpaired) electrons. The second kappa shape index (κ2) is 10.0. The van der Waals surface area contributed by atoms with Gasteiger partial charge in [0.1, 0.15) is 11.3 Å². The molecular weight excluding hydrogens is 475 g/mol. The topological polar surface area (TPSA) is 90.7 Å². The van der Waals surface area contributed by atoms with Crippen LogP contribution in [-0.4, -0.2) is 55.1 Å². The van der Waals surface area contributed by atoms with Gasteiger partial charge in [-0.3, -0.25) is 9.59 Å². The number of nitrogens with zero attached hydrogens (tertiary/aromatic N) is 3. The van der Waals surface area contributed by atoms with Crippen LogP contribution < -0.4 is 15.5 Å². The number of nitrogens with one attached hydrogen (secondary N) is 2. The predicted molar refractivity (Wildman–Crippen MR) is 129 cm³/mol. The van der Waals surface area contributed by atoms with Crippen molar-refractivity contribution >= 4 is 28.9 Å². The van der Waals surface area contributed by atoms with Crippen molar-refractivity contribution in [2.24, 2.45) is 0 Å². The van der Waals surface area contributed by atoms with Gasteiger partial charge in [0, 0.05) is 48.8 Å². The average molecular weight is 502 g/mol. The van der Waals surface area contributed by atoms with E-state index in [4.69, 9.17) is 4.52 Å². The van der Waals surface area contributed by atoms with Gasteiger partial charge in [0.15, 0.2) is 0 Å². The molecule has 3 aromatic rings. The Labute approximate surface area is 206 Å². The Bertz CT molecular complexity index is 1280. The summed E-state index contributed by atoms with van der Waals surface area (Å²) in [5.41, 5.74) is 1.25. The molecule has 36 heavy (non-hydrogen) atoms. The highest BCUT2D eigenvalue weighted by atomic mass is 19.4. The van der Waals surface area contributed by atoms with E-state index in [1.165, 1.54) is 12.3 Å². The zero-order valence-corrected chi connectivity index (χ0v) is 20.1. The Morgan fingerprint density at radius 2 is 1.69 bits per heavy atom. The van der Waals surface area contributed by atoms with Crippen LogP contribution in [0.3, 0.4) is 0 Å². The largest absolute Gasteiger partial charge is 0.416 e. The van der Waals surface area contributed by atoms with Crippen molar-refractivity contribution in [1.82, 2.24) is 10.1 Å². The zero-order chi connectivity index (χ0) is 26.0. The molecule has 0 unspecified atom stereocenters. The van der Waals surface area contributed by atoms with Gasteiger partial charge in [-0.25, -0.2) is 0 Å². The number of aryl methyl sites for hydroxylation is 2. The molecule has 0 spiro atoms. The van der Waals surface area contributed by atoms with Gasteiger partial charge in [-0.2, -0.15) is 13.2 Å². The van der Waals surface area contributed by atoms with Crippen molar-refractivity contribution in [2.75, 3.05) is 48.8 Å². The molecule has 0 bridgehead atoms. The third kappa shape index (κ3) is 5.68. The van der Waals surface area contributed by atoms with Gasteiger partial charge in [0.2, 0.25) is 0 Å². The maximum Gasteiger partial charge on any atom is 0.416 e. The molecule has 0 saturated carbocycles. The van der Waals surface area contributed by atoms with E-state index >= 15 is 0 Å². The lowest BCUT2D eigenvalue weighted by Gasteiger charge is -2.34. The first-order valence-corrected chi connectivity index (χ1v) is 11.3. The first kappa shape index (κ1) is 25.2. The van der Waals surface area contributed by atoms with E-state index < -0.39 is 23.6 Å². The standard InChI is InChI=1S/C25H26F3N5O3/c1-15-10-19(4-5-22(15)31-24(35)21-14-29-36-16(21)2)30-23(34)17-11-18(25(26,27)28)13-20(12-17)33-8-6-32(3)7-9-33/h4-5,10-14H,6-9H2,1-3H3,(H,30,34)(H,31,35). The minimum absolute atomic E-state index is 0.0864. The summed E-state index contributed by atoms with van der Waals surface area (Å²) >= 11 is 0. The van der Waals surface area contributed by atoms with Crippen LogP contribution >= 0.6 is 0 Å². The van der Waals surface area contributed by atoms with E-state index in [0.717, 1.165) is 25.2 Å². The van der Waals surface area contributed by atoms with E-state index in [1.807, 2.05) is 11.9 Å². The fourth-order valence-electron chi connectivity index (χ4n) is 3.94. The van der Waals surface area contributed by atoms with Crippen LogP contribution in [0.2, 0.25) is 0 Å². The molecule has 11 heteroatoms. The monoisotopic (exact) mass is 501 g/mol. The lowest BCUT2D eigenvalue weighted by molar-refractivity contribution is -0.137. The number of carbonyl (C=O) groups is 2.